The van der Waals surface area contributed by atoms with Crippen LogP contribution in [0.3, 0.4) is 0 Å². The molecule has 162 valence electrons. The largest absolute Gasteiger partial charge is 0.495 e. The molecule has 0 saturated heterocycles. The number of nitrogens with zero attached hydrogens (tertiary/aromatic N) is 2. The summed E-state index contributed by atoms with van der Waals surface area (Å²) in [5.41, 5.74) is 2.23. The van der Waals surface area contributed by atoms with E-state index in [4.69, 9.17) is 4.74 Å². The van der Waals surface area contributed by atoms with Gasteiger partial charge in [-0.25, -0.2) is 8.42 Å². The van der Waals surface area contributed by atoms with E-state index in [9.17, 15) is 13.2 Å². The van der Waals surface area contributed by atoms with Crippen molar-refractivity contribution >= 4 is 27.3 Å². The van der Waals surface area contributed by atoms with Gasteiger partial charge in [-0.1, -0.05) is 36.4 Å². The molecule has 1 amide bonds. The van der Waals surface area contributed by atoms with Crippen LogP contribution in [0.2, 0.25) is 0 Å². The van der Waals surface area contributed by atoms with E-state index in [1.54, 1.807) is 42.2 Å². The van der Waals surface area contributed by atoms with Crippen molar-refractivity contribution in [2.75, 3.05) is 29.9 Å². The molecule has 0 aliphatic rings. The highest BCUT2D eigenvalue weighted by Crippen LogP contribution is 2.31. The first kappa shape index (κ1) is 22.4. The fraction of sp³-hybridized carbons (Fsp3) is 0.208. The molecule has 0 radical (unpaired) electrons. The second-order valence-corrected chi connectivity index (χ2v) is 8.98. The molecule has 3 rings (SSSR count). The zero-order valence-corrected chi connectivity index (χ0v) is 18.9. The third-order valence-electron chi connectivity index (χ3n) is 5.15. The number of amides is 1. The third-order valence-corrected chi connectivity index (χ3v) is 6.92. The molecule has 31 heavy (non-hydrogen) atoms. The Bertz CT molecular complexity index is 1180. The molecule has 6 nitrogen and oxygen atoms in total. The molecular formula is C24H26N2O4S. The quantitative estimate of drug-likeness (QED) is 0.545. The lowest BCUT2D eigenvalue weighted by molar-refractivity contribution is 0.0987. The molecule has 3 aromatic carbocycles. The Hall–Kier alpha value is -3.32. The first-order chi connectivity index (χ1) is 14.8. The van der Waals surface area contributed by atoms with Gasteiger partial charge in [0.2, 0.25) is 0 Å². The van der Waals surface area contributed by atoms with E-state index in [-0.39, 0.29) is 10.8 Å². The smallest absolute Gasteiger partial charge is 0.264 e. The summed E-state index contributed by atoms with van der Waals surface area (Å²) in [5, 5.41) is 0. The Kier molecular flexibility index (Phi) is 6.65. The number of hydrogen-bond acceptors (Lipinski definition) is 4. The minimum atomic E-state index is -3.91. The molecule has 0 saturated carbocycles. The lowest BCUT2D eigenvalue weighted by atomic mass is 10.1. The predicted octanol–water partition coefficient (Wildman–Crippen LogP) is 4.50. The number of ether oxygens (including phenoxy) is 1. The van der Waals surface area contributed by atoms with E-state index in [0.717, 1.165) is 5.69 Å². The molecular weight excluding hydrogens is 412 g/mol. The van der Waals surface area contributed by atoms with Gasteiger partial charge < -0.3 is 9.64 Å². The maximum Gasteiger partial charge on any atom is 0.264 e. The summed E-state index contributed by atoms with van der Waals surface area (Å²) >= 11 is 0. The first-order valence-corrected chi connectivity index (χ1v) is 11.3. The molecule has 0 N–H and O–H groups in total. The summed E-state index contributed by atoms with van der Waals surface area (Å²) in [5.74, 6) is 0.196. The first-order valence-electron chi connectivity index (χ1n) is 9.90. The summed E-state index contributed by atoms with van der Waals surface area (Å²) < 4.78 is 33.2. The van der Waals surface area contributed by atoms with Crippen molar-refractivity contribution in [1.29, 1.82) is 0 Å². The van der Waals surface area contributed by atoms with Gasteiger partial charge in [0.15, 0.2) is 0 Å². The minimum absolute atomic E-state index is 0.0407. The monoisotopic (exact) mass is 438 g/mol. The van der Waals surface area contributed by atoms with Gasteiger partial charge >= 0.3 is 0 Å². The Morgan fingerprint density at radius 3 is 2.26 bits per heavy atom. The van der Waals surface area contributed by atoms with Gasteiger partial charge in [0, 0.05) is 24.8 Å². The van der Waals surface area contributed by atoms with E-state index in [1.165, 1.54) is 30.6 Å². The number of aryl methyl sites for hydroxylation is 1. The van der Waals surface area contributed by atoms with Crippen molar-refractivity contribution in [1.82, 2.24) is 0 Å². The number of para-hydroxylation sites is 3. The summed E-state index contributed by atoms with van der Waals surface area (Å²) in [6.07, 6.45) is 0. The molecule has 0 fully saturated rings. The second-order valence-electron chi connectivity index (χ2n) is 7.01. The van der Waals surface area contributed by atoms with Gasteiger partial charge in [-0.3, -0.25) is 9.10 Å². The van der Waals surface area contributed by atoms with Crippen LogP contribution in [0.15, 0.2) is 77.7 Å². The van der Waals surface area contributed by atoms with Crippen LogP contribution in [0.5, 0.6) is 5.75 Å². The summed E-state index contributed by atoms with van der Waals surface area (Å²) in [7, 11) is -0.952. The molecule has 0 spiro atoms. The summed E-state index contributed by atoms with van der Waals surface area (Å²) in [4.78, 5) is 15.0. The van der Waals surface area contributed by atoms with Crippen LogP contribution in [0, 0.1) is 6.92 Å². The number of methoxy groups -OCH3 is 1. The standard InChI is InChI=1S/C24H26N2O4S/c1-5-26(19-11-7-6-8-12-19)24(27)21-17-20(16-15-18(21)2)31(28,29)25(3)22-13-9-10-14-23(22)30-4/h6-17H,5H2,1-4H3. The van der Waals surface area contributed by atoms with Gasteiger partial charge in [0.25, 0.3) is 15.9 Å². The molecule has 0 aromatic heterocycles. The zero-order valence-electron chi connectivity index (χ0n) is 18.1. The number of carbonyl (C=O) groups is 1. The van der Waals surface area contributed by atoms with E-state index in [2.05, 4.69) is 0 Å². The normalized spacial score (nSPS) is 11.1. The Morgan fingerprint density at radius 2 is 1.61 bits per heavy atom. The van der Waals surface area contributed by atoms with Crippen LogP contribution in [-0.4, -0.2) is 35.0 Å². The summed E-state index contributed by atoms with van der Waals surface area (Å²) in [6, 6.07) is 20.8. The van der Waals surface area contributed by atoms with Crippen molar-refractivity contribution in [3.05, 3.63) is 83.9 Å². The number of sulfonamides is 1. The van der Waals surface area contributed by atoms with Crippen molar-refractivity contribution in [3.8, 4) is 5.75 Å². The fourth-order valence-electron chi connectivity index (χ4n) is 3.37. The number of benzene rings is 3. The Balaban J connectivity index is 2.03. The SMILES string of the molecule is CCN(C(=O)c1cc(S(=O)(=O)N(C)c2ccccc2OC)ccc1C)c1ccccc1. The Labute approximate surface area is 183 Å². The van der Waals surface area contributed by atoms with Gasteiger partial charge in [0.1, 0.15) is 5.75 Å². The number of hydrogen-bond donors (Lipinski definition) is 0. The maximum atomic E-state index is 13.3. The van der Waals surface area contributed by atoms with Crippen LogP contribution in [0.4, 0.5) is 11.4 Å². The van der Waals surface area contributed by atoms with Crippen molar-refractivity contribution < 1.29 is 17.9 Å². The van der Waals surface area contributed by atoms with E-state index in [1.807, 2.05) is 37.3 Å². The number of carbonyl (C=O) groups excluding carboxylic acids is 1. The number of rotatable bonds is 7. The van der Waals surface area contributed by atoms with Crippen LogP contribution in [-0.2, 0) is 10.0 Å². The molecule has 3 aromatic rings. The zero-order chi connectivity index (χ0) is 22.6. The van der Waals surface area contributed by atoms with Crippen molar-refractivity contribution in [3.63, 3.8) is 0 Å². The molecule has 0 unspecified atom stereocenters. The highest BCUT2D eigenvalue weighted by molar-refractivity contribution is 7.92. The summed E-state index contributed by atoms with van der Waals surface area (Å²) in [6.45, 7) is 4.14. The highest BCUT2D eigenvalue weighted by atomic mass is 32.2. The van der Waals surface area contributed by atoms with E-state index >= 15 is 0 Å². The van der Waals surface area contributed by atoms with Gasteiger partial charge in [0.05, 0.1) is 17.7 Å². The molecule has 0 heterocycles. The van der Waals surface area contributed by atoms with Crippen molar-refractivity contribution in [2.24, 2.45) is 0 Å². The van der Waals surface area contributed by atoms with Crippen LogP contribution < -0.4 is 13.9 Å². The predicted molar refractivity (Wildman–Crippen MR) is 124 cm³/mol. The molecule has 0 atom stereocenters. The van der Waals surface area contributed by atoms with Gasteiger partial charge in [-0.05, 0) is 55.8 Å². The fourth-order valence-corrected chi connectivity index (χ4v) is 4.60. The van der Waals surface area contributed by atoms with E-state index in [0.29, 0.717) is 29.1 Å². The maximum absolute atomic E-state index is 13.3. The van der Waals surface area contributed by atoms with E-state index < -0.39 is 10.0 Å². The third kappa shape index (κ3) is 4.41. The molecule has 7 heteroatoms. The number of anilines is 2. The average Bonchev–Trinajstić information content (AvgIpc) is 2.79. The van der Waals surface area contributed by atoms with Gasteiger partial charge in [-0.2, -0.15) is 0 Å². The van der Waals surface area contributed by atoms with Crippen molar-refractivity contribution in [2.45, 2.75) is 18.7 Å². The second kappa shape index (κ2) is 9.22. The minimum Gasteiger partial charge on any atom is -0.495 e. The average molecular weight is 439 g/mol. The molecule has 0 bridgehead atoms. The van der Waals surface area contributed by atoms with Gasteiger partial charge in [-0.15, -0.1) is 0 Å². The molecule has 0 aliphatic carbocycles. The highest BCUT2D eigenvalue weighted by Gasteiger charge is 2.26. The topological polar surface area (TPSA) is 66.9 Å². The lowest BCUT2D eigenvalue weighted by Gasteiger charge is -2.24. The van der Waals surface area contributed by atoms with Crippen LogP contribution in [0.1, 0.15) is 22.8 Å². The van der Waals surface area contributed by atoms with Crippen LogP contribution in [0.25, 0.3) is 0 Å². The Morgan fingerprint density at radius 1 is 0.968 bits per heavy atom. The van der Waals surface area contributed by atoms with Crippen LogP contribution >= 0.6 is 0 Å². The molecule has 0 aliphatic heterocycles. The lowest BCUT2D eigenvalue weighted by Crippen LogP contribution is -2.32.